The third kappa shape index (κ3) is 2.78. The molecule has 1 aromatic heterocycles. The fourth-order valence-corrected chi connectivity index (χ4v) is 1.39. The molecule has 5 heteroatoms. The molecule has 0 atom stereocenters. The van der Waals surface area contributed by atoms with Crippen LogP contribution in [-0.4, -0.2) is 15.9 Å². The summed E-state index contributed by atoms with van der Waals surface area (Å²) in [4.78, 5) is 19.6. The molecule has 2 rings (SSSR count). The molecule has 17 heavy (non-hydrogen) atoms. The fourth-order valence-electron chi connectivity index (χ4n) is 1.39. The number of nitrogens with zero attached hydrogens (tertiary/aromatic N) is 2. The number of amides is 1. The Morgan fingerprint density at radius 3 is 2.88 bits per heavy atom. The monoisotopic (exact) mass is 228 g/mol. The Kier molecular flexibility index (Phi) is 3.00. The van der Waals surface area contributed by atoms with Crippen LogP contribution >= 0.6 is 0 Å². The van der Waals surface area contributed by atoms with Gasteiger partial charge in [-0.1, -0.05) is 17.7 Å². The van der Waals surface area contributed by atoms with E-state index in [1.165, 1.54) is 6.20 Å². The lowest BCUT2D eigenvalue weighted by molar-refractivity contribution is 0.102. The van der Waals surface area contributed by atoms with Crippen molar-refractivity contribution in [2.45, 2.75) is 6.92 Å². The quantitative estimate of drug-likeness (QED) is 0.818. The van der Waals surface area contributed by atoms with Crippen molar-refractivity contribution in [2.24, 2.45) is 0 Å². The molecule has 0 bridgehead atoms. The highest BCUT2D eigenvalue weighted by atomic mass is 16.1. The summed E-state index contributed by atoms with van der Waals surface area (Å²) >= 11 is 0. The molecule has 1 aromatic carbocycles. The third-order valence-electron chi connectivity index (χ3n) is 2.18. The van der Waals surface area contributed by atoms with Crippen molar-refractivity contribution >= 4 is 17.7 Å². The molecule has 3 N–H and O–H groups in total. The number of nitrogens with two attached hydrogens (primary N) is 1. The van der Waals surface area contributed by atoms with Crippen molar-refractivity contribution in [3.05, 3.63) is 47.7 Å². The molecular weight excluding hydrogens is 216 g/mol. The molecule has 0 aliphatic carbocycles. The topological polar surface area (TPSA) is 80.9 Å². The highest BCUT2D eigenvalue weighted by Crippen LogP contribution is 2.07. The van der Waals surface area contributed by atoms with Crippen molar-refractivity contribution in [1.29, 1.82) is 0 Å². The van der Waals surface area contributed by atoms with Crippen LogP contribution in [0, 0.1) is 6.92 Å². The molecule has 0 aliphatic heterocycles. The third-order valence-corrected chi connectivity index (χ3v) is 2.18. The summed E-state index contributed by atoms with van der Waals surface area (Å²) < 4.78 is 0. The molecule has 1 heterocycles. The Hall–Kier alpha value is -2.43. The molecule has 0 saturated carbocycles. The standard InChI is InChI=1S/C12H12N4O/c1-8-3-2-4-9(7-8)11(17)16-12-14-6-5-10(13)15-12/h2-7H,1H3,(H3,13,14,15,16,17). The summed E-state index contributed by atoms with van der Waals surface area (Å²) in [5.41, 5.74) is 7.08. The number of aromatic nitrogens is 2. The second-order valence-corrected chi connectivity index (χ2v) is 3.63. The van der Waals surface area contributed by atoms with E-state index in [1.807, 2.05) is 19.1 Å². The molecule has 0 radical (unpaired) electrons. The first-order valence-electron chi connectivity index (χ1n) is 5.12. The van der Waals surface area contributed by atoms with Crippen molar-refractivity contribution in [3.8, 4) is 0 Å². The minimum absolute atomic E-state index is 0.205. The maximum Gasteiger partial charge on any atom is 0.258 e. The van der Waals surface area contributed by atoms with Gasteiger partial charge in [-0.05, 0) is 25.1 Å². The number of hydrogen-bond acceptors (Lipinski definition) is 4. The van der Waals surface area contributed by atoms with Gasteiger partial charge in [0, 0.05) is 11.8 Å². The minimum atomic E-state index is -0.251. The molecule has 0 aliphatic rings. The van der Waals surface area contributed by atoms with Crippen LogP contribution in [0.4, 0.5) is 11.8 Å². The van der Waals surface area contributed by atoms with Crippen LogP contribution in [0.25, 0.3) is 0 Å². The lowest BCUT2D eigenvalue weighted by atomic mass is 10.1. The first kappa shape index (κ1) is 11.1. The molecule has 2 aromatic rings. The van der Waals surface area contributed by atoms with Gasteiger partial charge < -0.3 is 5.73 Å². The van der Waals surface area contributed by atoms with Gasteiger partial charge in [-0.15, -0.1) is 0 Å². The molecule has 0 saturated heterocycles. The van der Waals surface area contributed by atoms with E-state index in [9.17, 15) is 4.79 Å². The number of rotatable bonds is 2. The van der Waals surface area contributed by atoms with E-state index in [0.717, 1.165) is 5.56 Å². The Balaban J connectivity index is 2.17. The first-order chi connectivity index (χ1) is 8.15. The van der Waals surface area contributed by atoms with Crippen molar-refractivity contribution in [2.75, 3.05) is 11.1 Å². The number of benzene rings is 1. The van der Waals surface area contributed by atoms with E-state index in [2.05, 4.69) is 15.3 Å². The van der Waals surface area contributed by atoms with Gasteiger partial charge in [-0.2, -0.15) is 4.98 Å². The van der Waals surface area contributed by atoms with E-state index in [1.54, 1.807) is 18.2 Å². The van der Waals surface area contributed by atoms with E-state index in [4.69, 9.17) is 5.73 Å². The van der Waals surface area contributed by atoms with Gasteiger partial charge in [-0.3, -0.25) is 10.1 Å². The van der Waals surface area contributed by atoms with Gasteiger partial charge in [0.1, 0.15) is 5.82 Å². The Labute approximate surface area is 98.7 Å². The summed E-state index contributed by atoms with van der Waals surface area (Å²) in [6.07, 6.45) is 1.49. The Morgan fingerprint density at radius 1 is 1.35 bits per heavy atom. The summed E-state index contributed by atoms with van der Waals surface area (Å²) in [6.45, 7) is 1.92. The predicted octanol–water partition coefficient (Wildman–Crippen LogP) is 1.62. The molecule has 5 nitrogen and oxygen atoms in total. The number of nitrogen functional groups attached to an aromatic ring is 1. The van der Waals surface area contributed by atoms with Gasteiger partial charge in [0.25, 0.3) is 5.91 Å². The first-order valence-corrected chi connectivity index (χ1v) is 5.12. The zero-order valence-corrected chi connectivity index (χ0v) is 9.34. The number of hydrogen-bond donors (Lipinski definition) is 2. The van der Waals surface area contributed by atoms with Gasteiger partial charge in [0.05, 0.1) is 0 Å². The van der Waals surface area contributed by atoms with Crippen LogP contribution in [0.5, 0.6) is 0 Å². The normalized spacial score (nSPS) is 9.94. The van der Waals surface area contributed by atoms with Crippen molar-refractivity contribution in [1.82, 2.24) is 9.97 Å². The van der Waals surface area contributed by atoms with Gasteiger partial charge in [-0.25, -0.2) is 4.98 Å². The predicted molar refractivity (Wildman–Crippen MR) is 65.6 cm³/mol. The Bertz CT molecular complexity index is 554. The van der Waals surface area contributed by atoms with E-state index in [-0.39, 0.29) is 11.9 Å². The lowest BCUT2D eigenvalue weighted by Gasteiger charge is -2.04. The zero-order valence-electron chi connectivity index (χ0n) is 9.34. The Morgan fingerprint density at radius 2 is 2.18 bits per heavy atom. The molecule has 86 valence electrons. The second kappa shape index (κ2) is 4.61. The SMILES string of the molecule is Cc1cccc(C(=O)Nc2nccc(N)n2)c1. The average Bonchev–Trinajstić information content (AvgIpc) is 2.29. The smallest absolute Gasteiger partial charge is 0.258 e. The largest absolute Gasteiger partial charge is 0.384 e. The molecular formula is C12H12N4O. The minimum Gasteiger partial charge on any atom is -0.384 e. The highest BCUT2D eigenvalue weighted by molar-refractivity contribution is 6.03. The molecule has 0 spiro atoms. The van der Waals surface area contributed by atoms with Crippen LogP contribution in [0.15, 0.2) is 36.5 Å². The van der Waals surface area contributed by atoms with Crippen LogP contribution in [0.2, 0.25) is 0 Å². The van der Waals surface area contributed by atoms with Crippen LogP contribution in [0.1, 0.15) is 15.9 Å². The van der Waals surface area contributed by atoms with E-state index < -0.39 is 0 Å². The van der Waals surface area contributed by atoms with Crippen LogP contribution in [0.3, 0.4) is 0 Å². The summed E-state index contributed by atoms with van der Waals surface area (Å²) in [7, 11) is 0. The lowest BCUT2D eigenvalue weighted by Crippen LogP contribution is -2.14. The zero-order chi connectivity index (χ0) is 12.3. The number of nitrogens with one attached hydrogen (secondary N) is 1. The van der Waals surface area contributed by atoms with Crippen LogP contribution < -0.4 is 11.1 Å². The number of carbonyl (C=O) groups excluding carboxylic acids is 1. The van der Waals surface area contributed by atoms with E-state index in [0.29, 0.717) is 11.4 Å². The van der Waals surface area contributed by atoms with Crippen molar-refractivity contribution < 1.29 is 4.79 Å². The van der Waals surface area contributed by atoms with Gasteiger partial charge >= 0.3 is 0 Å². The summed E-state index contributed by atoms with van der Waals surface area (Å²) in [5, 5.41) is 2.59. The number of carbonyl (C=O) groups is 1. The molecule has 1 amide bonds. The van der Waals surface area contributed by atoms with Gasteiger partial charge in [0.2, 0.25) is 5.95 Å². The summed E-state index contributed by atoms with van der Waals surface area (Å²) in [5.74, 6) is 0.273. The van der Waals surface area contributed by atoms with Crippen molar-refractivity contribution in [3.63, 3.8) is 0 Å². The summed E-state index contributed by atoms with van der Waals surface area (Å²) in [6, 6.07) is 8.83. The highest BCUT2D eigenvalue weighted by Gasteiger charge is 2.07. The second-order valence-electron chi connectivity index (χ2n) is 3.63. The molecule has 0 fully saturated rings. The number of anilines is 2. The number of aryl methyl sites for hydroxylation is 1. The fraction of sp³-hybridized carbons (Fsp3) is 0.0833. The van der Waals surface area contributed by atoms with Gasteiger partial charge in [0.15, 0.2) is 0 Å². The maximum atomic E-state index is 11.8. The average molecular weight is 228 g/mol. The molecule has 0 unspecified atom stereocenters. The maximum absolute atomic E-state index is 11.8. The van der Waals surface area contributed by atoms with E-state index >= 15 is 0 Å². The van der Waals surface area contributed by atoms with Crippen LogP contribution in [-0.2, 0) is 0 Å².